The zero-order valence-corrected chi connectivity index (χ0v) is 14.5. The number of rotatable bonds is 6. The molecule has 2 aromatic rings. The molecule has 0 bridgehead atoms. The minimum Gasteiger partial charge on any atom is -0.379 e. The zero-order chi connectivity index (χ0) is 16.9. The van der Waals surface area contributed by atoms with Gasteiger partial charge in [-0.3, -0.25) is 9.69 Å². The number of hydrogen-bond donors (Lipinski definition) is 1. The summed E-state index contributed by atoms with van der Waals surface area (Å²) in [6.07, 6.45) is 2.32. The molecule has 1 saturated heterocycles. The van der Waals surface area contributed by atoms with Crippen molar-refractivity contribution in [2.75, 3.05) is 38.2 Å². The van der Waals surface area contributed by atoms with Crippen molar-refractivity contribution < 1.29 is 9.53 Å². The number of nitrogens with zero attached hydrogens (tertiary/aromatic N) is 3. The van der Waals surface area contributed by atoms with Gasteiger partial charge in [-0.15, -0.1) is 0 Å². The van der Waals surface area contributed by atoms with Gasteiger partial charge in [-0.25, -0.2) is 4.98 Å². The molecular weight excluding hydrogens is 304 g/mol. The number of amides is 1. The van der Waals surface area contributed by atoms with Crippen molar-refractivity contribution in [1.82, 2.24) is 14.5 Å². The first-order chi connectivity index (χ1) is 11.7. The Hall–Kier alpha value is -1.92. The standard InChI is InChI=1S/C18H26N4O2/c1-3-4-18(23)19-14-5-6-16-15(13-14)20-17(21(16)2)7-8-22-9-11-24-12-10-22/h5-6,13H,3-4,7-12H2,1-2H3,(H,19,23). The largest absolute Gasteiger partial charge is 0.379 e. The first-order valence-electron chi connectivity index (χ1n) is 8.72. The fourth-order valence-corrected chi connectivity index (χ4v) is 3.08. The number of hydrogen-bond acceptors (Lipinski definition) is 4. The van der Waals surface area contributed by atoms with Crippen LogP contribution in [-0.4, -0.2) is 53.2 Å². The van der Waals surface area contributed by atoms with Gasteiger partial charge in [-0.1, -0.05) is 6.92 Å². The first kappa shape index (κ1) is 16.9. The number of carbonyl (C=O) groups is 1. The van der Waals surface area contributed by atoms with Gasteiger partial charge in [0.1, 0.15) is 5.82 Å². The molecule has 1 amide bonds. The van der Waals surface area contributed by atoms with E-state index in [0.717, 1.165) is 68.2 Å². The Kier molecular flexibility index (Phi) is 5.48. The summed E-state index contributed by atoms with van der Waals surface area (Å²) < 4.78 is 7.53. The Morgan fingerprint density at radius 2 is 2.12 bits per heavy atom. The highest BCUT2D eigenvalue weighted by atomic mass is 16.5. The van der Waals surface area contributed by atoms with Crippen molar-refractivity contribution in [3.05, 3.63) is 24.0 Å². The molecule has 1 fully saturated rings. The fourth-order valence-electron chi connectivity index (χ4n) is 3.08. The van der Waals surface area contributed by atoms with E-state index in [-0.39, 0.29) is 5.91 Å². The quantitative estimate of drug-likeness (QED) is 0.882. The Labute approximate surface area is 142 Å². The maximum absolute atomic E-state index is 11.7. The first-order valence-corrected chi connectivity index (χ1v) is 8.72. The summed E-state index contributed by atoms with van der Waals surface area (Å²) in [7, 11) is 2.05. The number of anilines is 1. The van der Waals surface area contributed by atoms with Crippen LogP contribution in [0.25, 0.3) is 11.0 Å². The molecule has 0 unspecified atom stereocenters. The Bertz CT molecular complexity index is 704. The van der Waals surface area contributed by atoms with E-state index in [9.17, 15) is 4.79 Å². The number of aryl methyl sites for hydroxylation is 1. The molecule has 0 saturated carbocycles. The molecule has 6 heteroatoms. The highest BCUT2D eigenvalue weighted by Gasteiger charge is 2.13. The highest BCUT2D eigenvalue weighted by molar-refractivity contribution is 5.93. The fraction of sp³-hybridized carbons (Fsp3) is 0.556. The van der Waals surface area contributed by atoms with Crippen LogP contribution in [0.2, 0.25) is 0 Å². The molecule has 3 rings (SSSR count). The molecule has 6 nitrogen and oxygen atoms in total. The van der Waals surface area contributed by atoms with Gasteiger partial charge in [0.15, 0.2) is 0 Å². The van der Waals surface area contributed by atoms with Crippen LogP contribution in [0.1, 0.15) is 25.6 Å². The normalized spacial score (nSPS) is 15.8. The Morgan fingerprint density at radius 3 is 2.88 bits per heavy atom. The van der Waals surface area contributed by atoms with Crippen LogP contribution < -0.4 is 5.32 Å². The SMILES string of the molecule is CCCC(=O)Nc1ccc2c(c1)nc(CCN1CCOCC1)n2C. The molecule has 1 aromatic carbocycles. The molecule has 0 atom stereocenters. The number of imidazole rings is 1. The smallest absolute Gasteiger partial charge is 0.224 e. The molecule has 0 aliphatic carbocycles. The van der Waals surface area contributed by atoms with E-state index in [4.69, 9.17) is 9.72 Å². The zero-order valence-electron chi connectivity index (χ0n) is 14.5. The van der Waals surface area contributed by atoms with Crippen molar-refractivity contribution in [3.63, 3.8) is 0 Å². The summed E-state index contributed by atoms with van der Waals surface area (Å²) in [5, 5.41) is 2.94. The maximum Gasteiger partial charge on any atom is 0.224 e. The number of carbonyl (C=O) groups excluding carboxylic acids is 1. The number of aromatic nitrogens is 2. The second-order valence-corrected chi connectivity index (χ2v) is 6.29. The van der Waals surface area contributed by atoms with Crippen LogP contribution in [0, 0.1) is 0 Å². The number of fused-ring (bicyclic) bond motifs is 1. The second-order valence-electron chi connectivity index (χ2n) is 6.29. The molecule has 24 heavy (non-hydrogen) atoms. The van der Waals surface area contributed by atoms with Gasteiger partial charge in [-0.05, 0) is 24.6 Å². The number of ether oxygens (including phenoxy) is 1. The van der Waals surface area contributed by atoms with E-state index in [2.05, 4.69) is 21.8 Å². The van der Waals surface area contributed by atoms with Gasteiger partial charge in [0.25, 0.3) is 0 Å². The van der Waals surface area contributed by atoms with Crippen molar-refractivity contribution >= 4 is 22.6 Å². The van der Waals surface area contributed by atoms with Crippen LogP contribution in [0.5, 0.6) is 0 Å². The number of morpholine rings is 1. The number of benzene rings is 1. The van der Waals surface area contributed by atoms with E-state index in [1.165, 1.54) is 0 Å². The van der Waals surface area contributed by atoms with Crippen LogP contribution in [0.4, 0.5) is 5.69 Å². The van der Waals surface area contributed by atoms with Gasteiger partial charge >= 0.3 is 0 Å². The lowest BCUT2D eigenvalue weighted by atomic mass is 10.2. The minimum absolute atomic E-state index is 0.0559. The predicted octanol–water partition coefficient (Wildman–Crippen LogP) is 2.19. The summed E-state index contributed by atoms with van der Waals surface area (Å²) in [5.74, 6) is 1.13. The lowest BCUT2D eigenvalue weighted by Crippen LogP contribution is -2.37. The van der Waals surface area contributed by atoms with Gasteiger partial charge < -0.3 is 14.6 Å². The van der Waals surface area contributed by atoms with E-state index < -0.39 is 0 Å². The number of nitrogens with one attached hydrogen (secondary N) is 1. The molecular formula is C18H26N4O2. The van der Waals surface area contributed by atoms with E-state index in [1.807, 2.05) is 25.1 Å². The lowest BCUT2D eigenvalue weighted by Gasteiger charge is -2.26. The van der Waals surface area contributed by atoms with Crippen LogP contribution in [0.3, 0.4) is 0 Å². The molecule has 1 aliphatic rings. The molecule has 0 spiro atoms. The van der Waals surface area contributed by atoms with E-state index in [0.29, 0.717) is 6.42 Å². The molecule has 0 radical (unpaired) electrons. The summed E-state index contributed by atoms with van der Waals surface area (Å²) in [6.45, 7) is 6.64. The second kappa shape index (κ2) is 7.77. The summed E-state index contributed by atoms with van der Waals surface area (Å²) >= 11 is 0. The average molecular weight is 330 g/mol. The predicted molar refractivity (Wildman–Crippen MR) is 95.2 cm³/mol. The van der Waals surface area contributed by atoms with Gasteiger partial charge in [0.05, 0.1) is 24.2 Å². The van der Waals surface area contributed by atoms with Crippen LogP contribution in [-0.2, 0) is 23.0 Å². The molecule has 130 valence electrons. The van der Waals surface area contributed by atoms with E-state index >= 15 is 0 Å². The lowest BCUT2D eigenvalue weighted by molar-refractivity contribution is -0.116. The van der Waals surface area contributed by atoms with Gasteiger partial charge in [0, 0.05) is 45.2 Å². The third kappa shape index (κ3) is 3.94. The monoisotopic (exact) mass is 330 g/mol. The molecule has 1 aromatic heterocycles. The van der Waals surface area contributed by atoms with Gasteiger partial charge in [0.2, 0.25) is 5.91 Å². The third-order valence-corrected chi connectivity index (χ3v) is 4.49. The Balaban J connectivity index is 1.70. The minimum atomic E-state index is 0.0559. The Morgan fingerprint density at radius 1 is 1.33 bits per heavy atom. The summed E-state index contributed by atoms with van der Waals surface area (Å²) in [6, 6.07) is 5.94. The topological polar surface area (TPSA) is 59.4 Å². The molecule has 1 N–H and O–H groups in total. The van der Waals surface area contributed by atoms with Gasteiger partial charge in [-0.2, -0.15) is 0 Å². The average Bonchev–Trinajstić information content (AvgIpc) is 2.90. The maximum atomic E-state index is 11.7. The summed E-state index contributed by atoms with van der Waals surface area (Å²) in [5.41, 5.74) is 2.85. The van der Waals surface area contributed by atoms with Crippen LogP contribution in [0.15, 0.2) is 18.2 Å². The summed E-state index contributed by atoms with van der Waals surface area (Å²) in [4.78, 5) is 18.9. The van der Waals surface area contributed by atoms with Crippen molar-refractivity contribution in [1.29, 1.82) is 0 Å². The molecule has 2 heterocycles. The molecule has 1 aliphatic heterocycles. The van der Waals surface area contributed by atoms with Crippen molar-refractivity contribution in [2.24, 2.45) is 7.05 Å². The van der Waals surface area contributed by atoms with Crippen molar-refractivity contribution in [3.8, 4) is 0 Å². The van der Waals surface area contributed by atoms with Crippen LogP contribution >= 0.6 is 0 Å². The third-order valence-electron chi connectivity index (χ3n) is 4.49. The highest BCUT2D eigenvalue weighted by Crippen LogP contribution is 2.20. The van der Waals surface area contributed by atoms with E-state index in [1.54, 1.807) is 0 Å². The van der Waals surface area contributed by atoms with Crippen molar-refractivity contribution in [2.45, 2.75) is 26.2 Å².